The molecule has 17 heavy (non-hydrogen) atoms. The Hall–Kier alpha value is -1.64. The number of ketones is 1. The number of carboxylic acid groups (broad SMARTS) is 1. The van der Waals surface area contributed by atoms with Crippen LogP contribution in [0.15, 0.2) is 24.3 Å². The third-order valence-electron chi connectivity index (χ3n) is 2.60. The largest absolute Gasteiger partial charge is 0.550 e. The van der Waals surface area contributed by atoms with E-state index in [2.05, 4.69) is 6.92 Å². The van der Waals surface area contributed by atoms with E-state index in [0.29, 0.717) is 12.0 Å². The number of benzene rings is 1. The highest BCUT2D eigenvalue weighted by atomic mass is 16.4. The summed E-state index contributed by atoms with van der Waals surface area (Å²) < 4.78 is 0. The highest BCUT2D eigenvalue weighted by Crippen LogP contribution is 2.10. The molecule has 0 spiro atoms. The van der Waals surface area contributed by atoms with Gasteiger partial charge in [0.1, 0.15) is 0 Å². The third-order valence-corrected chi connectivity index (χ3v) is 2.60. The van der Waals surface area contributed by atoms with Crippen LogP contribution in [0, 0.1) is 0 Å². The van der Waals surface area contributed by atoms with Crippen molar-refractivity contribution in [3.63, 3.8) is 0 Å². The lowest BCUT2D eigenvalue weighted by molar-refractivity contribution is -0.305. The van der Waals surface area contributed by atoms with Gasteiger partial charge in [0.2, 0.25) is 0 Å². The zero-order valence-corrected chi connectivity index (χ0v) is 10.1. The maximum absolute atomic E-state index is 11.7. The Morgan fingerprint density at radius 1 is 1.12 bits per heavy atom. The summed E-state index contributed by atoms with van der Waals surface area (Å²) in [5.74, 6) is -1.11. The standard InChI is InChI=1S/C14H18O3/c1-2-4-11-7-9-12(10-8-11)13(15)5-3-6-14(16)17/h7-10H,2-6H2,1H3,(H,16,17)/p-1. The van der Waals surface area contributed by atoms with E-state index in [0.717, 1.165) is 12.8 Å². The highest BCUT2D eigenvalue weighted by Gasteiger charge is 2.05. The van der Waals surface area contributed by atoms with Crippen LogP contribution >= 0.6 is 0 Å². The lowest BCUT2D eigenvalue weighted by Gasteiger charge is -2.04. The first-order chi connectivity index (χ1) is 8.13. The van der Waals surface area contributed by atoms with Gasteiger partial charge in [-0.15, -0.1) is 0 Å². The van der Waals surface area contributed by atoms with Crippen molar-refractivity contribution < 1.29 is 14.7 Å². The molecule has 0 N–H and O–H groups in total. The van der Waals surface area contributed by atoms with E-state index in [1.54, 1.807) is 0 Å². The van der Waals surface area contributed by atoms with Crippen molar-refractivity contribution in [3.05, 3.63) is 35.4 Å². The fourth-order valence-electron chi connectivity index (χ4n) is 1.68. The summed E-state index contributed by atoms with van der Waals surface area (Å²) in [5, 5.41) is 10.2. The number of carbonyl (C=O) groups excluding carboxylic acids is 2. The molecular weight excluding hydrogens is 216 g/mol. The summed E-state index contributed by atoms with van der Waals surface area (Å²) in [6.45, 7) is 2.11. The predicted molar refractivity (Wildman–Crippen MR) is 63.6 cm³/mol. The van der Waals surface area contributed by atoms with Gasteiger partial charge in [-0.1, -0.05) is 37.6 Å². The molecule has 3 heteroatoms. The van der Waals surface area contributed by atoms with E-state index >= 15 is 0 Å². The second-order valence-electron chi connectivity index (χ2n) is 4.10. The zero-order chi connectivity index (χ0) is 12.7. The van der Waals surface area contributed by atoms with Crippen LogP contribution < -0.4 is 5.11 Å². The Bertz CT molecular complexity index is 379. The molecular formula is C14H17O3-. The highest BCUT2D eigenvalue weighted by molar-refractivity contribution is 5.96. The Balaban J connectivity index is 2.48. The first-order valence-electron chi connectivity index (χ1n) is 5.95. The lowest BCUT2D eigenvalue weighted by atomic mass is 10.0. The molecule has 0 bridgehead atoms. The molecule has 0 atom stereocenters. The third kappa shape index (κ3) is 4.81. The summed E-state index contributed by atoms with van der Waals surface area (Å²) in [7, 11) is 0. The van der Waals surface area contributed by atoms with E-state index in [1.165, 1.54) is 5.56 Å². The second kappa shape index (κ2) is 6.84. The van der Waals surface area contributed by atoms with Crippen molar-refractivity contribution in [2.45, 2.75) is 39.0 Å². The Kier molecular flexibility index (Phi) is 5.40. The number of carbonyl (C=O) groups is 2. The molecule has 1 rings (SSSR count). The van der Waals surface area contributed by atoms with Gasteiger partial charge in [-0.05, 0) is 24.8 Å². The van der Waals surface area contributed by atoms with Crippen molar-refractivity contribution in [2.75, 3.05) is 0 Å². The number of hydrogen-bond donors (Lipinski definition) is 0. The summed E-state index contributed by atoms with van der Waals surface area (Å²) in [5.41, 5.74) is 1.88. The van der Waals surface area contributed by atoms with Crippen molar-refractivity contribution in [1.82, 2.24) is 0 Å². The minimum atomic E-state index is -1.10. The molecule has 1 aromatic rings. The van der Waals surface area contributed by atoms with Gasteiger partial charge < -0.3 is 9.90 Å². The number of Topliss-reactive ketones (excluding diaryl/α,β-unsaturated/α-hetero) is 1. The zero-order valence-electron chi connectivity index (χ0n) is 10.1. The molecule has 0 aromatic heterocycles. The Morgan fingerprint density at radius 2 is 1.76 bits per heavy atom. The van der Waals surface area contributed by atoms with Crippen molar-refractivity contribution >= 4 is 11.8 Å². The summed E-state index contributed by atoms with van der Waals surface area (Å²) in [6.07, 6.45) is 2.65. The Labute approximate surface area is 101 Å². The second-order valence-corrected chi connectivity index (χ2v) is 4.10. The average Bonchev–Trinajstić information content (AvgIpc) is 2.30. The molecule has 1 aromatic carbocycles. The molecule has 3 nitrogen and oxygen atoms in total. The van der Waals surface area contributed by atoms with E-state index in [9.17, 15) is 14.7 Å². The quantitative estimate of drug-likeness (QED) is 0.674. The van der Waals surface area contributed by atoms with Gasteiger partial charge in [0.05, 0.1) is 0 Å². The van der Waals surface area contributed by atoms with E-state index in [1.807, 2.05) is 24.3 Å². The monoisotopic (exact) mass is 233 g/mol. The van der Waals surface area contributed by atoms with Gasteiger partial charge in [0, 0.05) is 18.0 Å². The van der Waals surface area contributed by atoms with E-state index in [4.69, 9.17) is 0 Å². The fourth-order valence-corrected chi connectivity index (χ4v) is 1.68. The van der Waals surface area contributed by atoms with Crippen LogP contribution in [0.25, 0.3) is 0 Å². The Morgan fingerprint density at radius 3 is 2.29 bits per heavy atom. The first-order valence-corrected chi connectivity index (χ1v) is 5.95. The molecule has 0 unspecified atom stereocenters. The smallest absolute Gasteiger partial charge is 0.162 e. The predicted octanol–water partition coefficient (Wildman–Crippen LogP) is 1.74. The minimum absolute atomic E-state index is 0.00528. The van der Waals surface area contributed by atoms with Gasteiger partial charge >= 0.3 is 0 Å². The number of carboxylic acids is 1. The van der Waals surface area contributed by atoms with Crippen molar-refractivity contribution in [3.8, 4) is 0 Å². The molecule has 0 amide bonds. The summed E-state index contributed by atoms with van der Waals surface area (Å²) in [6, 6.07) is 7.53. The number of aliphatic carboxylic acids is 1. The van der Waals surface area contributed by atoms with Crippen LogP contribution in [0.4, 0.5) is 0 Å². The SMILES string of the molecule is CCCc1ccc(C(=O)CCCC(=O)[O-])cc1. The van der Waals surface area contributed by atoms with Gasteiger partial charge in [0.25, 0.3) is 0 Å². The van der Waals surface area contributed by atoms with E-state index < -0.39 is 5.97 Å². The fraction of sp³-hybridized carbons (Fsp3) is 0.429. The lowest BCUT2D eigenvalue weighted by Crippen LogP contribution is -2.21. The maximum atomic E-state index is 11.7. The van der Waals surface area contributed by atoms with Crippen LogP contribution in [0.3, 0.4) is 0 Å². The van der Waals surface area contributed by atoms with Crippen LogP contribution in [0.1, 0.15) is 48.5 Å². The number of rotatable bonds is 7. The molecule has 0 saturated carbocycles. The number of hydrogen-bond acceptors (Lipinski definition) is 3. The van der Waals surface area contributed by atoms with Gasteiger partial charge in [0.15, 0.2) is 5.78 Å². The molecule has 0 aliphatic carbocycles. The van der Waals surface area contributed by atoms with E-state index in [-0.39, 0.29) is 18.6 Å². The van der Waals surface area contributed by atoms with Gasteiger partial charge in [-0.3, -0.25) is 4.79 Å². The number of aryl methyl sites for hydroxylation is 1. The molecule has 0 fully saturated rings. The summed E-state index contributed by atoms with van der Waals surface area (Å²) >= 11 is 0. The van der Waals surface area contributed by atoms with Crippen LogP contribution in [0.2, 0.25) is 0 Å². The van der Waals surface area contributed by atoms with Crippen LogP contribution in [0.5, 0.6) is 0 Å². The molecule has 0 aliphatic heterocycles. The summed E-state index contributed by atoms with van der Waals surface area (Å²) in [4.78, 5) is 21.9. The molecule has 92 valence electrons. The molecule has 0 saturated heterocycles. The van der Waals surface area contributed by atoms with Crippen LogP contribution in [-0.4, -0.2) is 11.8 Å². The van der Waals surface area contributed by atoms with Gasteiger partial charge in [-0.25, -0.2) is 0 Å². The molecule has 0 heterocycles. The minimum Gasteiger partial charge on any atom is -0.550 e. The first kappa shape index (κ1) is 13.4. The topological polar surface area (TPSA) is 57.2 Å². The maximum Gasteiger partial charge on any atom is 0.162 e. The normalized spacial score (nSPS) is 10.2. The molecule has 0 aliphatic rings. The van der Waals surface area contributed by atoms with Crippen molar-refractivity contribution in [2.24, 2.45) is 0 Å². The molecule has 0 radical (unpaired) electrons. The van der Waals surface area contributed by atoms with Crippen molar-refractivity contribution in [1.29, 1.82) is 0 Å². The van der Waals surface area contributed by atoms with Crippen LogP contribution in [-0.2, 0) is 11.2 Å². The average molecular weight is 233 g/mol. The van der Waals surface area contributed by atoms with Gasteiger partial charge in [-0.2, -0.15) is 0 Å².